The smallest absolute Gasteiger partial charge is 0.326 e. The highest BCUT2D eigenvalue weighted by Gasteiger charge is 2.19. The molecular formula is C14H19NO3. The highest BCUT2D eigenvalue weighted by molar-refractivity contribution is 5.83. The van der Waals surface area contributed by atoms with Gasteiger partial charge < -0.3 is 10.4 Å². The van der Waals surface area contributed by atoms with Crippen molar-refractivity contribution in [2.24, 2.45) is 0 Å². The molecule has 0 spiro atoms. The standard InChI is InChI=1S/C14H19NO3/c1-3-10-5-7-11(8-6-10)9-12(14(17)18)15-13(16)4-2/h5-8,12H,3-4,9H2,1-2H3,(H,15,16)(H,17,18). The van der Waals surface area contributed by atoms with Crippen LogP contribution in [0.5, 0.6) is 0 Å². The Labute approximate surface area is 107 Å². The Bertz CT molecular complexity index is 412. The number of carbonyl (C=O) groups excluding carboxylic acids is 1. The van der Waals surface area contributed by atoms with Crippen molar-refractivity contribution in [1.29, 1.82) is 0 Å². The van der Waals surface area contributed by atoms with Crippen molar-refractivity contribution in [3.8, 4) is 0 Å². The predicted molar refractivity (Wildman–Crippen MR) is 69.4 cm³/mol. The Kier molecular flexibility index (Phi) is 5.36. The van der Waals surface area contributed by atoms with E-state index in [1.807, 2.05) is 24.3 Å². The number of carboxylic acids is 1. The zero-order valence-corrected chi connectivity index (χ0v) is 10.8. The van der Waals surface area contributed by atoms with E-state index >= 15 is 0 Å². The average molecular weight is 249 g/mol. The van der Waals surface area contributed by atoms with Crippen molar-refractivity contribution in [3.05, 3.63) is 35.4 Å². The quantitative estimate of drug-likeness (QED) is 0.807. The fraction of sp³-hybridized carbons (Fsp3) is 0.429. The van der Waals surface area contributed by atoms with E-state index in [4.69, 9.17) is 5.11 Å². The lowest BCUT2D eigenvalue weighted by molar-refractivity contribution is -0.141. The lowest BCUT2D eigenvalue weighted by atomic mass is 10.0. The molecule has 0 aliphatic heterocycles. The number of aliphatic carboxylic acids is 1. The molecule has 0 saturated carbocycles. The summed E-state index contributed by atoms with van der Waals surface area (Å²) in [5, 5.41) is 11.6. The van der Waals surface area contributed by atoms with E-state index in [0.717, 1.165) is 12.0 Å². The molecule has 1 atom stereocenters. The Morgan fingerprint density at radius 1 is 1.17 bits per heavy atom. The Morgan fingerprint density at radius 2 is 1.72 bits per heavy atom. The topological polar surface area (TPSA) is 66.4 Å². The van der Waals surface area contributed by atoms with Crippen LogP contribution in [0.4, 0.5) is 0 Å². The molecule has 98 valence electrons. The first-order chi connectivity index (χ1) is 8.56. The average Bonchev–Trinajstić information content (AvgIpc) is 2.38. The fourth-order valence-corrected chi connectivity index (χ4v) is 1.64. The van der Waals surface area contributed by atoms with Crippen LogP contribution >= 0.6 is 0 Å². The van der Waals surface area contributed by atoms with Gasteiger partial charge in [0.15, 0.2) is 0 Å². The zero-order chi connectivity index (χ0) is 13.5. The van der Waals surface area contributed by atoms with Crippen LogP contribution in [0.25, 0.3) is 0 Å². The molecule has 0 saturated heterocycles. The summed E-state index contributed by atoms with van der Waals surface area (Å²) < 4.78 is 0. The van der Waals surface area contributed by atoms with Crippen molar-refractivity contribution in [1.82, 2.24) is 5.32 Å². The number of nitrogens with one attached hydrogen (secondary N) is 1. The molecule has 0 aliphatic rings. The number of aryl methyl sites for hydroxylation is 1. The van der Waals surface area contributed by atoms with Crippen molar-refractivity contribution in [3.63, 3.8) is 0 Å². The summed E-state index contributed by atoms with van der Waals surface area (Å²) in [4.78, 5) is 22.3. The normalized spacial score (nSPS) is 11.9. The van der Waals surface area contributed by atoms with Gasteiger partial charge in [0.25, 0.3) is 0 Å². The third-order valence-electron chi connectivity index (χ3n) is 2.83. The minimum atomic E-state index is -1.00. The second-order valence-corrected chi connectivity index (χ2v) is 4.19. The Balaban J connectivity index is 2.70. The summed E-state index contributed by atoms with van der Waals surface area (Å²) in [6.07, 6.45) is 1.55. The molecule has 1 aromatic carbocycles. The van der Waals surface area contributed by atoms with Crippen LogP contribution in [0.15, 0.2) is 24.3 Å². The van der Waals surface area contributed by atoms with Crippen LogP contribution in [-0.2, 0) is 22.4 Å². The van der Waals surface area contributed by atoms with E-state index in [1.165, 1.54) is 5.56 Å². The van der Waals surface area contributed by atoms with Gasteiger partial charge >= 0.3 is 5.97 Å². The van der Waals surface area contributed by atoms with Crippen LogP contribution in [0.1, 0.15) is 31.4 Å². The van der Waals surface area contributed by atoms with Crippen LogP contribution in [-0.4, -0.2) is 23.0 Å². The third-order valence-corrected chi connectivity index (χ3v) is 2.83. The number of benzene rings is 1. The molecule has 1 aromatic rings. The van der Waals surface area contributed by atoms with Gasteiger partial charge in [-0.1, -0.05) is 38.1 Å². The van der Waals surface area contributed by atoms with Gasteiger partial charge in [0.1, 0.15) is 6.04 Å². The van der Waals surface area contributed by atoms with E-state index in [0.29, 0.717) is 12.8 Å². The predicted octanol–water partition coefficient (Wildman–Crippen LogP) is 1.77. The Hall–Kier alpha value is -1.84. The molecule has 0 fully saturated rings. The van der Waals surface area contributed by atoms with Crippen molar-refractivity contribution in [2.75, 3.05) is 0 Å². The largest absolute Gasteiger partial charge is 0.480 e. The second kappa shape index (κ2) is 6.79. The van der Waals surface area contributed by atoms with Gasteiger partial charge in [-0.05, 0) is 17.5 Å². The number of hydrogen-bond donors (Lipinski definition) is 2. The Morgan fingerprint density at radius 3 is 2.17 bits per heavy atom. The van der Waals surface area contributed by atoms with Gasteiger partial charge in [0, 0.05) is 12.8 Å². The molecule has 0 radical (unpaired) electrons. The van der Waals surface area contributed by atoms with E-state index < -0.39 is 12.0 Å². The lowest BCUT2D eigenvalue weighted by Gasteiger charge is -2.14. The SMILES string of the molecule is CCC(=O)NC(Cc1ccc(CC)cc1)C(=O)O. The number of hydrogen-bond acceptors (Lipinski definition) is 2. The van der Waals surface area contributed by atoms with E-state index in [-0.39, 0.29) is 5.91 Å². The molecule has 4 heteroatoms. The van der Waals surface area contributed by atoms with Crippen LogP contribution in [0.3, 0.4) is 0 Å². The fourth-order valence-electron chi connectivity index (χ4n) is 1.64. The van der Waals surface area contributed by atoms with Crippen LogP contribution in [0.2, 0.25) is 0 Å². The van der Waals surface area contributed by atoms with Gasteiger partial charge in [0.05, 0.1) is 0 Å². The number of amides is 1. The summed E-state index contributed by atoms with van der Waals surface area (Å²) in [6, 6.07) is 6.93. The number of carbonyl (C=O) groups is 2. The first kappa shape index (κ1) is 14.2. The van der Waals surface area contributed by atoms with Gasteiger partial charge in [-0.25, -0.2) is 4.79 Å². The number of rotatable bonds is 6. The van der Waals surface area contributed by atoms with Crippen molar-refractivity contribution < 1.29 is 14.7 Å². The molecular weight excluding hydrogens is 230 g/mol. The summed E-state index contributed by atoms with van der Waals surface area (Å²) in [5.74, 6) is -1.25. The molecule has 1 amide bonds. The van der Waals surface area contributed by atoms with Gasteiger partial charge in [-0.3, -0.25) is 4.79 Å². The maximum atomic E-state index is 11.2. The third kappa shape index (κ3) is 4.20. The minimum absolute atomic E-state index is 0.243. The van der Waals surface area contributed by atoms with Gasteiger partial charge in [-0.15, -0.1) is 0 Å². The molecule has 18 heavy (non-hydrogen) atoms. The van der Waals surface area contributed by atoms with Crippen LogP contribution in [0, 0.1) is 0 Å². The highest BCUT2D eigenvalue weighted by atomic mass is 16.4. The maximum absolute atomic E-state index is 11.2. The number of carboxylic acid groups (broad SMARTS) is 1. The van der Waals surface area contributed by atoms with Crippen molar-refractivity contribution in [2.45, 2.75) is 39.2 Å². The molecule has 4 nitrogen and oxygen atoms in total. The summed E-state index contributed by atoms with van der Waals surface area (Å²) in [5.41, 5.74) is 2.12. The minimum Gasteiger partial charge on any atom is -0.480 e. The molecule has 2 N–H and O–H groups in total. The monoisotopic (exact) mass is 249 g/mol. The van der Waals surface area contributed by atoms with Crippen LogP contribution < -0.4 is 5.32 Å². The molecule has 1 unspecified atom stereocenters. The summed E-state index contributed by atoms with van der Waals surface area (Å²) in [7, 11) is 0. The van der Waals surface area contributed by atoms with E-state index in [9.17, 15) is 9.59 Å². The first-order valence-corrected chi connectivity index (χ1v) is 6.16. The van der Waals surface area contributed by atoms with E-state index in [2.05, 4.69) is 12.2 Å². The molecule has 0 aromatic heterocycles. The zero-order valence-electron chi connectivity index (χ0n) is 10.8. The molecule has 0 bridgehead atoms. The van der Waals surface area contributed by atoms with E-state index in [1.54, 1.807) is 6.92 Å². The van der Waals surface area contributed by atoms with Gasteiger partial charge in [0.2, 0.25) is 5.91 Å². The van der Waals surface area contributed by atoms with Gasteiger partial charge in [-0.2, -0.15) is 0 Å². The summed E-state index contributed by atoms with van der Waals surface area (Å²) >= 11 is 0. The van der Waals surface area contributed by atoms with Crippen molar-refractivity contribution >= 4 is 11.9 Å². The molecule has 1 rings (SSSR count). The molecule has 0 aliphatic carbocycles. The lowest BCUT2D eigenvalue weighted by Crippen LogP contribution is -2.42. The second-order valence-electron chi connectivity index (χ2n) is 4.19. The summed E-state index contributed by atoms with van der Waals surface area (Å²) in [6.45, 7) is 3.76. The maximum Gasteiger partial charge on any atom is 0.326 e. The molecule has 0 heterocycles. The first-order valence-electron chi connectivity index (χ1n) is 6.16. The highest BCUT2D eigenvalue weighted by Crippen LogP contribution is 2.08.